The van der Waals surface area contributed by atoms with Gasteiger partial charge in [-0.3, -0.25) is 0 Å². The molecule has 73 heavy (non-hydrogen) atoms. The van der Waals surface area contributed by atoms with Crippen molar-refractivity contribution in [1.29, 1.82) is 0 Å². The van der Waals surface area contributed by atoms with Gasteiger partial charge in [0, 0.05) is 0 Å². The fraction of sp³-hybridized carbons (Fsp3) is 0.353. The molecule has 0 unspecified atom stereocenters. The topological polar surface area (TPSA) is 54.0 Å². The van der Waals surface area contributed by atoms with Gasteiger partial charge in [0.15, 0.2) is 0 Å². The second-order valence-corrected chi connectivity index (χ2v) is 26.6. The summed E-state index contributed by atoms with van der Waals surface area (Å²) in [6.07, 6.45) is 8.77. The van der Waals surface area contributed by atoms with E-state index in [1.807, 2.05) is 0 Å². The Hall–Kier alpha value is -6.03. The number of nitrogens with zero attached hydrogens (tertiary/aromatic N) is 4. The average Bonchev–Trinajstić information content (AvgIpc) is 4.13. The smallest absolute Gasteiger partial charge is 0.657 e. The van der Waals surface area contributed by atoms with Gasteiger partial charge in [0.05, 0.1) is 22.8 Å². The van der Waals surface area contributed by atoms with E-state index in [2.05, 4.69) is 258 Å². The van der Waals surface area contributed by atoms with Gasteiger partial charge < -0.3 is 9.97 Å². The van der Waals surface area contributed by atoms with E-state index >= 15 is 0 Å². The summed E-state index contributed by atoms with van der Waals surface area (Å²) in [4.78, 5) is 22.8. The fourth-order valence-corrected chi connectivity index (χ4v) is 9.79. The van der Waals surface area contributed by atoms with Crippen molar-refractivity contribution in [3.8, 4) is 44.5 Å². The maximum Gasteiger partial charge on any atom is 2.00 e. The molecular formula is C68H76N4Ni. The third-order valence-corrected chi connectivity index (χ3v) is 14.5. The summed E-state index contributed by atoms with van der Waals surface area (Å²) in [5.41, 5.74) is 22.4. The van der Waals surface area contributed by atoms with E-state index in [1.165, 1.54) is 33.4 Å². The number of hydrogen-bond acceptors (Lipinski definition) is 2. The molecular weight excluding hydrogens is 931 g/mol. The molecule has 0 amide bonds. The van der Waals surface area contributed by atoms with Crippen LogP contribution in [0.15, 0.2) is 109 Å². The number of rotatable bonds is 4. The molecule has 8 bridgehead atoms. The SMILES string of the molecule is CC(C)(C)c1cc(-c2c3nc(c(-c4cc(C(C)(C)C)cc(C(C)(C)C)c4)c4ccc([n-]4)c(-c4cc(C(C)(C)C)cc(C(C)(C)C)c4)c4nc(c(-c5ccccc5)c5ccc2[n-]5)C=C4)C=C3)cc(C(C)(C)C)c1.[Ni+2]. The van der Waals surface area contributed by atoms with Crippen LogP contribution >= 0.6 is 0 Å². The molecule has 0 radical (unpaired) electrons. The van der Waals surface area contributed by atoms with Crippen LogP contribution in [0.3, 0.4) is 0 Å². The van der Waals surface area contributed by atoms with Crippen LogP contribution < -0.4 is 9.97 Å². The Morgan fingerprint density at radius 2 is 0.493 bits per heavy atom. The molecule has 5 heteroatoms. The molecule has 4 aromatic carbocycles. The Kier molecular flexibility index (Phi) is 13.7. The van der Waals surface area contributed by atoms with Gasteiger partial charge in [-0.2, -0.15) is 0 Å². The Morgan fingerprint density at radius 3 is 0.712 bits per heavy atom. The van der Waals surface area contributed by atoms with Crippen LogP contribution in [0.5, 0.6) is 0 Å². The molecule has 5 heterocycles. The molecule has 0 spiro atoms. The number of aromatic nitrogens is 4. The van der Waals surface area contributed by atoms with Crippen molar-refractivity contribution in [2.45, 2.75) is 157 Å². The van der Waals surface area contributed by atoms with E-state index in [1.54, 1.807) is 0 Å². The molecule has 7 aromatic rings. The summed E-state index contributed by atoms with van der Waals surface area (Å²) >= 11 is 0. The summed E-state index contributed by atoms with van der Waals surface area (Å²) in [5, 5.41) is 0. The second-order valence-electron chi connectivity index (χ2n) is 26.6. The van der Waals surface area contributed by atoms with Crippen molar-refractivity contribution < 1.29 is 16.5 Å². The molecule has 2 aliphatic heterocycles. The fourth-order valence-electron chi connectivity index (χ4n) is 9.79. The standard InChI is InChI=1S/C68H76N4.Ni/c1-63(2,3)45-32-42(33-46(38-45)64(4,5)6)60-53-26-24-51(69-53)59(41-22-20-19-21-23-41)52-25-27-54(70-52)61(43-34-47(65(7,8)9)39-48(35-43)66(10,11)12)56-29-31-58(72-56)62(57-30-28-55(60)71-57)44-36-49(67(13,14)15)40-50(37-44)68(16,17)18;/h19-40H,1-18H3;/q-2;+2. The Morgan fingerprint density at radius 1 is 0.274 bits per heavy atom. The zero-order chi connectivity index (χ0) is 52.1. The number of fused-ring (bicyclic) bond motifs is 8. The number of hydrogen-bond donors (Lipinski definition) is 0. The summed E-state index contributed by atoms with van der Waals surface area (Å²) in [7, 11) is 0. The minimum atomic E-state index is -0.102. The first-order chi connectivity index (χ1) is 33.4. The zero-order valence-electron chi connectivity index (χ0n) is 46.8. The van der Waals surface area contributed by atoms with E-state index in [4.69, 9.17) is 19.9 Å². The largest absolute Gasteiger partial charge is 2.00 e. The molecule has 4 nitrogen and oxygen atoms in total. The summed E-state index contributed by atoms with van der Waals surface area (Å²) in [5.74, 6) is 0. The van der Waals surface area contributed by atoms with Gasteiger partial charge in [0.25, 0.3) is 0 Å². The maximum atomic E-state index is 5.75. The summed E-state index contributed by atoms with van der Waals surface area (Å²) in [6, 6.07) is 40.8. The molecule has 378 valence electrons. The minimum absolute atomic E-state index is 0. The first-order valence-electron chi connectivity index (χ1n) is 26.0. The molecule has 0 N–H and O–H groups in total. The van der Waals surface area contributed by atoms with Gasteiger partial charge in [-0.15, -0.1) is 22.1 Å². The van der Waals surface area contributed by atoms with Crippen LogP contribution in [-0.2, 0) is 49.0 Å². The van der Waals surface area contributed by atoms with Crippen LogP contribution in [0.1, 0.15) is 181 Å². The predicted octanol–water partition coefficient (Wildman–Crippen LogP) is 18.4. The Balaban J connectivity index is 0.00000711. The van der Waals surface area contributed by atoms with Gasteiger partial charge in [0.1, 0.15) is 0 Å². The monoisotopic (exact) mass is 1010 g/mol. The van der Waals surface area contributed by atoms with E-state index in [9.17, 15) is 0 Å². The van der Waals surface area contributed by atoms with Crippen molar-refractivity contribution in [2.75, 3.05) is 0 Å². The quantitative estimate of drug-likeness (QED) is 0.165. The average molecular weight is 1010 g/mol. The van der Waals surface area contributed by atoms with E-state index < -0.39 is 0 Å². The van der Waals surface area contributed by atoms with Crippen molar-refractivity contribution in [2.24, 2.45) is 0 Å². The molecule has 0 saturated heterocycles. The van der Waals surface area contributed by atoms with Crippen LogP contribution in [0, 0.1) is 0 Å². The molecule has 2 aliphatic rings. The third-order valence-electron chi connectivity index (χ3n) is 14.5. The van der Waals surface area contributed by atoms with Crippen molar-refractivity contribution in [3.05, 3.63) is 165 Å². The van der Waals surface area contributed by atoms with Gasteiger partial charge in [-0.25, -0.2) is 9.97 Å². The number of benzene rings is 4. The summed E-state index contributed by atoms with van der Waals surface area (Å²) in [6.45, 7) is 41.5. The first kappa shape index (κ1) is 53.3. The molecule has 9 rings (SSSR count). The van der Waals surface area contributed by atoms with E-state index in [-0.39, 0.29) is 49.0 Å². The minimum Gasteiger partial charge on any atom is -0.657 e. The molecule has 0 saturated carbocycles. The summed E-state index contributed by atoms with van der Waals surface area (Å²) < 4.78 is 0. The van der Waals surface area contributed by atoms with Gasteiger partial charge in [-0.1, -0.05) is 234 Å². The predicted molar refractivity (Wildman–Crippen MR) is 311 cm³/mol. The van der Waals surface area contributed by atoms with Crippen LogP contribution in [0.2, 0.25) is 0 Å². The van der Waals surface area contributed by atoms with Crippen molar-refractivity contribution in [3.63, 3.8) is 0 Å². The Bertz CT molecular complexity index is 3320. The van der Waals surface area contributed by atoms with Gasteiger partial charge in [0.2, 0.25) is 0 Å². The maximum absolute atomic E-state index is 5.75. The molecule has 0 aliphatic carbocycles. The van der Waals surface area contributed by atoms with Crippen molar-refractivity contribution >= 4 is 46.4 Å². The molecule has 3 aromatic heterocycles. The van der Waals surface area contributed by atoms with Crippen LogP contribution in [-0.4, -0.2) is 9.97 Å². The Labute approximate surface area is 447 Å². The van der Waals surface area contributed by atoms with Gasteiger partial charge >= 0.3 is 16.5 Å². The van der Waals surface area contributed by atoms with Crippen molar-refractivity contribution in [1.82, 2.24) is 19.9 Å². The van der Waals surface area contributed by atoms with E-state index in [0.29, 0.717) is 0 Å². The van der Waals surface area contributed by atoms with E-state index in [0.717, 1.165) is 89.4 Å². The zero-order valence-corrected chi connectivity index (χ0v) is 47.8. The first-order valence-corrected chi connectivity index (χ1v) is 26.0. The second kappa shape index (κ2) is 18.7. The third kappa shape index (κ3) is 10.8. The van der Waals surface area contributed by atoms with Crippen LogP contribution in [0.4, 0.5) is 0 Å². The molecule has 0 fully saturated rings. The van der Waals surface area contributed by atoms with Crippen LogP contribution in [0.25, 0.3) is 90.9 Å². The normalized spacial score (nSPS) is 13.4. The molecule has 0 atom stereocenters. The van der Waals surface area contributed by atoms with Gasteiger partial charge in [-0.05, 0) is 135 Å².